The van der Waals surface area contributed by atoms with Crippen LogP contribution in [0.5, 0.6) is 0 Å². The maximum Gasteiger partial charge on any atom is 0.293 e. The molecule has 1 atom stereocenters. The van der Waals surface area contributed by atoms with E-state index in [1.165, 1.54) is 11.0 Å². The molecule has 8 nitrogen and oxygen atoms in total. The van der Waals surface area contributed by atoms with Gasteiger partial charge in [0.2, 0.25) is 5.82 Å². The third kappa shape index (κ3) is 3.87. The maximum atomic E-state index is 13.2. The highest BCUT2D eigenvalue weighted by Crippen LogP contribution is 2.27. The van der Waals surface area contributed by atoms with Crippen LogP contribution in [0.1, 0.15) is 33.7 Å². The Morgan fingerprint density at radius 2 is 1.91 bits per heavy atom. The largest absolute Gasteiger partial charge is 0.451 e. The number of fused-ring (bicyclic) bond motifs is 1. The Bertz CT molecular complexity index is 1360. The molecule has 33 heavy (non-hydrogen) atoms. The molecule has 4 aromatic rings. The Morgan fingerprint density at radius 3 is 2.67 bits per heavy atom. The number of carbonyl (C=O) groups is 2. The Balaban J connectivity index is 1.30. The molecule has 2 amide bonds. The molecule has 1 aliphatic heterocycles. The van der Waals surface area contributed by atoms with Gasteiger partial charge >= 0.3 is 0 Å². The predicted molar refractivity (Wildman–Crippen MR) is 124 cm³/mol. The van der Waals surface area contributed by atoms with Crippen molar-refractivity contribution in [2.45, 2.75) is 19.9 Å². The second kappa shape index (κ2) is 8.37. The van der Waals surface area contributed by atoms with Gasteiger partial charge < -0.3 is 14.2 Å². The molecule has 3 heterocycles. The van der Waals surface area contributed by atoms with Crippen molar-refractivity contribution in [2.75, 3.05) is 19.6 Å². The Labute approximate surface area is 195 Å². The number of halogens is 1. The molecular formula is C24H22ClN5O3. The molecule has 2 aromatic heterocycles. The van der Waals surface area contributed by atoms with Crippen molar-refractivity contribution in [1.29, 1.82) is 0 Å². The summed E-state index contributed by atoms with van der Waals surface area (Å²) in [5.41, 5.74) is 2.25. The van der Waals surface area contributed by atoms with Crippen LogP contribution in [0.15, 0.2) is 59.3 Å². The van der Waals surface area contributed by atoms with E-state index in [2.05, 4.69) is 10.1 Å². The maximum absolute atomic E-state index is 13.2. The minimum absolute atomic E-state index is 0.107. The van der Waals surface area contributed by atoms with Crippen LogP contribution in [-0.2, 0) is 0 Å². The highest BCUT2D eigenvalue weighted by molar-refractivity contribution is 6.30. The fourth-order valence-electron chi connectivity index (χ4n) is 4.20. The molecule has 0 radical (unpaired) electrons. The first-order chi connectivity index (χ1) is 15.9. The first-order valence-corrected chi connectivity index (χ1v) is 11.1. The van der Waals surface area contributed by atoms with Crippen molar-refractivity contribution in [3.05, 3.63) is 77.0 Å². The average Bonchev–Trinajstić information content (AvgIpc) is 3.44. The number of benzene rings is 2. The highest BCUT2D eigenvalue weighted by atomic mass is 35.5. The number of rotatable bonds is 3. The Kier molecular flexibility index (Phi) is 5.38. The third-order valence-electron chi connectivity index (χ3n) is 5.97. The van der Waals surface area contributed by atoms with Gasteiger partial charge in [-0.3, -0.25) is 9.59 Å². The lowest BCUT2D eigenvalue weighted by Crippen LogP contribution is -2.55. The van der Waals surface area contributed by atoms with Crippen molar-refractivity contribution < 1.29 is 14.0 Å². The highest BCUT2D eigenvalue weighted by Gasteiger charge is 2.34. The van der Waals surface area contributed by atoms with Crippen LogP contribution in [0.2, 0.25) is 5.02 Å². The van der Waals surface area contributed by atoms with Gasteiger partial charge in [0.05, 0.1) is 5.69 Å². The summed E-state index contributed by atoms with van der Waals surface area (Å²) in [5.74, 6) is 0.0288. The van der Waals surface area contributed by atoms with Crippen molar-refractivity contribution in [3.63, 3.8) is 0 Å². The molecule has 1 saturated heterocycles. The molecule has 5 rings (SSSR count). The van der Waals surface area contributed by atoms with Crippen molar-refractivity contribution in [2.24, 2.45) is 0 Å². The van der Waals surface area contributed by atoms with E-state index < -0.39 is 0 Å². The van der Waals surface area contributed by atoms with Crippen LogP contribution in [0, 0.1) is 6.92 Å². The zero-order valence-electron chi connectivity index (χ0n) is 18.2. The van der Waals surface area contributed by atoms with Gasteiger partial charge in [0.25, 0.3) is 11.8 Å². The SMILES string of the molecule is Cc1c(C(=O)N2CCN(C(=O)c3ncn(-c4cccc(Cl)c4)n3)CC2C)oc2ccccc12. The molecule has 0 saturated carbocycles. The number of furan rings is 1. The first kappa shape index (κ1) is 21.2. The lowest BCUT2D eigenvalue weighted by atomic mass is 10.1. The lowest BCUT2D eigenvalue weighted by molar-refractivity contribution is 0.0391. The Morgan fingerprint density at radius 1 is 1.09 bits per heavy atom. The molecule has 1 unspecified atom stereocenters. The molecule has 0 aliphatic carbocycles. The molecule has 0 spiro atoms. The van der Waals surface area contributed by atoms with Gasteiger partial charge in [0, 0.05) is 41.6 Å². The van der Waals surface area contributed by atoms with Crippen LogP contribution >= 0.6 is 11.6 Å². The predicted octanol–water partition coefficient (Wildman–Crippen LogP) is 3.96. The molecule has 0 bridgehead atoms. The number of carbonyl (C=O) groups excluding carboxylic acids is 2. The number of aryl methyl sites for hydroxylation is 1. The van der Waals surface area contributed by atoms with Crippen LogP contribution < -0.4 is 0 Å². The molecule has 1 fully saturated rings. The molecule has 9 heteroatoms. The molecule has 1 aliphatic rings. The van der Waals surface area contributed by atoms with Gasteiger partial charge in [-0.2, -0.15) is 0 Å². The fourth-order valence-corrected chi connectivity index (χ4v) is 4.38. The summed E-state index contributed by atoms with van der Waals surface area (Å²) in [7, 11) is 0. The standard InChI is InChI=1S/C24H22ClN5O3/c1-15-13-28(24(32)22-26-14-30(27-22)18-7-5-6-17(25)12-18)10-11-29(15)23(31)21-16(2)19-8-3-4-9-20(19)33-21/h3-9,12,14-15H,10-11,13H2,1-2H3. The van der Waals surface area contributed by atoms with E-state index in [-0.39, 0.29) is 23.7 Å². The number of hydrogen-bond acceptors (Lipinski definition) is 5. The second-order valence-electron chi connectivity index (χ2n) is 8.14. The molecule has 0 N–H and O–H groups in total. The summed E-state index contributed by atoms with van der Waals surface area (Å²) in [6, 6.07) is 14.6. The van der Waals surface area contributed by atoms with Gasteiger partial charge in [0.1, 0.15) is 11.9 Å². The van der Waals surface area contributed by atoms with Crippen molar-refractivity contribution in [3.8, 4) is 5.69 Å². The smallest absolute Gasteiger partial charge is 0.293 e. The second-order valence-corrected chi connectivity index (χ2v) is 8.58. The van der Waals surface area contributed by atoms with E-state index in [0.29, 0.717) is 36.0 Å². The normalized spacial score (nSPS) is 16.4. The number of aromatic nitrogens is 3. The minimum Gasteiger partial charge on any atom is -0.451 e. The van der Waals surface area contributed by atoms with Crippen molar-refractivity contribution in [1.82, 2.24) is 24.6 Å². The van der Waals surface area contributed by atoms with Crippen molar-refractivity contribution >= 4 is 34.4 Å². The van der Waals surface area contributed by atoms with E-state index >= 15 is 0 Å². The number of piperazine rings is 1. The Hall–Kier alpha value is -3.65. The summed E-state index contributed by atoms with van der Waals surface area (Å²) in [6.45, 7) is 4.99. The summed E-state index contributed by atoms with van der Waals surface area (Å²) >= 11 is 6.04. The average molecular weight is 464 g/mol. The van der Waals surface area contributed by atoms with Gasteiger partial charge in [0.15, 0.2) is 5.76 Å². The van der Waals surface area contributed by atoms with E-state index in [1.807, 2.05) is 50.2 Å². The van der Waals surface area contributed by atoms with Crippen LogP contribution in [-0.4, -0.2) is 62.1 Å². The summed E-state index contributed by atoms with van der Waals surface area (Å²) in [4.78, 5) is 33.9. The molecule has 168 valence electrons. The van der Waals surface area contributed by atoms with E-state index in [4.69, 9.17) is 16.0 Å². The number of nitrogens with zero attached hydrogens (tertiary/aromatic N) is 5. The number of hydrogen-bond donors (Lipinski definition) is 0. The topological polar surface area (TPSA) is 84.5 Å². The summed E-state index contributed by atoms with van der Waals surface area (Å²) < 4.78 is 7.38. The number of amides is 2. The zero-order chi connectivity index (χ0) is 23.1. The summed E-state index contributed by atoms with van der Waals surface area (Å²) in [6.07, 6.45) is 1.49. The van der Waals surface area contributed by atoms with Gasteiger partial charge in [-0.1, -0.05) is 35.9 Å². The quantitative estimate of drug-likeness (QED) is 0.459. The van der Waals surface area contributed by atoms with Crippen LogP contribution in [0.4, 0.5) is 0 Å². The van der Waals surface area contributed by atoms with E-state index in [1.54, 1.807) is 21.9 Å². The van der Waals surface area contributed by atoms with Gasteiger partial charge in [-0.05, 0) is 38.1 Å². The summed E-state index contributed by atoms with van der Waals surface area (Å²) in [5, 5.41) is 5.83. The van der Waals surface area contributed by atoms with E-state index in [9.17, 15) is 9.59 Å². The van der Waals surface area contributed by atoms with Crippen LogP contribution in [0.25, 0.3) is 16.7 Å². The van der Waals surface area contributed by atoms with Gasteiger partial charge in [-0.15, -0.1) is 5.10 Å². The monoisotopic (exact) mass is 463 g/mol. The van der Waals surface area contributed by atoms with Crippen LogP contribution in [0.3, 0.4) is 0 Å². The molecular weight excluding hydrogens is 442 g/mol. The van der Waals surface area contributed by atoms with Gasteiger partial charge in [-0.25, -0.2) is 9.67 Å². The fraction of sp³-hybridized carbons (Fsp3) is 0.250. The number of para-hydroxylation sites is 1. The minimum atomic E-state index is -0.269. The van der Waals surface area contributed by atoms with E-state index in [0.717, 1.165) is 16.6 Å². The first-order valence-electron chi connectivity index (χ1n) is 10.7. The zero-order valence-corrected chi connectivity index (χ0v) is 19.0. The third-order valence-corrected chi connectivity index (χ3v) is 6.20. The lowest BCUT2D eigenvalue weighted by Gasteiger charge is -2.39. The molecule has 2 aromatic carbocycles.